The molecule has 8 nitrogen and oxygen atoms in total. The van der Waals surface area contributed by atoms with Crippen LogP contribution in [0.15, 0.2) is 47.6 Å². The number of carbonyl (C=O) groups is 1. The highest BCUT2D eigenvalue weighted by Crippen LogP contribution is 2.39. The van der Waals surface area contributed by atoms with Crippen LogP contribution in [0.2, 0.25) is 5.02 Å². The molecular weight excluding hydrogens is 428 g/mol. The van der Waals surface area contributed by atoms with E-state index in [9.17, 15) is 9.90 Å². The second-order valence-electron chi connectivity index (χ2n) is 8.00. The van der Waals surface area contributed by atoms with Crippen molar-refractivity contribution in [3.8, 4) is 5.69 Å². The normalized spacial score (nSPS) is 16.2. The average Bonchev–Trinajstić information content (AvgIpc) is 3.23. The zero-order valence-corrected chi connectivity index (χ0v) is 18.2. The standard InChI is InChI=1S/C23H23ClN6O2/c24-18-10-20-21(11-22(18)29-7-2-1-3-8-29)26-19(12-23(32)27-20)15-5-4-6-16(9-15)30-17(14-31)13-25-28-30/h4-6,9-11,13,31H,1-3,7-8,12,14H2,(H,27,32). The molecule has 0 unspecified atom stereocenters. The van der Waals surface area contributed by atoms with Gasteiger partial charge in [-0.05, 0) is 49.1 Å². The van der Waals surface area contributed by atoms with Crippen LogP contribution >= 0.6 is 11.6 Å². The zero-order chi connectivity index (χ0) is 22.1. The minimum atomic E-state index is -0.173. The fourth-order valence-electron chi connectivity index (χ4n) is 4.22. The first-order valence-corrected chi connectivity index (χ1v) is 11.1. The van der Waals surface area contributed by atoms with Crippen LogP contribution in [0.4, 0.5) is 17.1 Å². The minimum absolute atomic E-state index is 0.138. The van der Waals surface area contributed by atoms with Crippen molar-refractivity contribution in [1.82, 2.24) is 15.0 Å². The second kappa shape index (κ2) is 8.72. The predicted molar refractivity (Wildman–Crippen MR) is 124 cm³/mol. The number of nitrogens with one attached hydrogen (secondary N) is 1. The van der Waals surface area contributed by atoms with Gasteiger partial charge >= 0.3 is 0 Å². The number of fused-ring (bicyclic) bond motifs is 1. The van der Waals surface area contributed by atoms with Gasteiger partial charge in [-0.1, -0.05) is 28.9 Å². The third-order valence-electron chi connectivity index (χ3n) is 5.83. The summed E-state index contributed by atoms with van der Waals surface area (Å²) in [5.41, 5.74) is 5.03. The summed E-state index contributed by atoms with van der Waals surface area (Å²) in [6.45, 7) is 1.76. The van der Waals surface area contributed by atoms with Crippen LogP contribution in [0.1, 0.15) is 36.9 Å². The summed E-state index contributed by atoms with van der Waals surface area (Å²) >= 11 is 6.58. The summed E-state index contributed by atoms with van der Waals surface area (Å²) in [4.78, 5) is 19.8. The number of aliphatic imine (C=N–C) groups is 1. The molecule has 9 heteroatoms. The maximum Gasteiger partial charge on any atom is 0.230 e. The number of nitrogens with zero attached hydrogens (tertiary/aromatic N) is 5. The number of rotatable bonds is 4. The first-order valence-electron chi connectivity index (χ1n) is 10.7. The predicted octanol–water partition coefficient (Wildman–Crippen LogP) is 3.87. The van der Waals surface area contributed by atoms with Crippen molar-refractivity contribution in [2.45, 2.75) is 32.3 Å². The molecule has 1 fully saturated rings. The summed E-state index contributed by atoms with van der Waals surface area (Å²) in [6, 6.07) is 11.3. The minimum Gasteiger partial charge on any atom is -0.390 e. The molecule has 2 N–H and O–H groups in total. The number of amides is 1. The van der Waals surface area contributed by atoms with E-state index >= 15 is 0 Å². The van der Waals surface area contributed by atoms with Gasteiger partial charge in [0.2, 0.25) is 5.91 Å². The van der Waals surface area contributed by atoms with E-state index in [1.54, 1.807) is 10.7 Å². The SMILES string of the molecule is O=C1CC(c2cccc(-n3nncc3CO)c2)=Nc2cc(N3CCCCC3)c(Cl)cc2N1. The van der Waals surface area contributed by atoms with Crippen LogP contribution in [0.25, 0.3) is 5.69 Å². The van der Waals surface area contributed by atoms with E-state index < -0.39 is 0 Å². The lowest BCUT2D eigenvalue weighted by Gasteiger charge is -2.30. The molecule has 1 aromatic heterocycles. The van der Waals surface area contributed by atoms with E-state index in [2.05, 4.69) is 20.5 Å². The van der Waals surface area contributed by atoms with Gasteiger partial charge in [0.15, 0.2) is 0 Å². The number of anilines is 2. The quantitative estimate of drug-likeness (QED) is 0.629. The van der Waals surface area contributed by atoms with Crippen molar-refractivity contribution < 1.29 is 9.90 Å². The molecule has 0 aliphatic carbocycles. The lowest BCUT2D eigenvalue weighted by Crippen LogP contribution is -2.29. The first-order chi connectivity index (χ1) is 15.6. The highest BCUT2D eigenvalue weighted by molar-refractivity contribution is 6.34. The number of hydrogen-bond donors (Lipinski definition) is 2. The van der Waals surface area contributed by atoms with Gasteiger partial charge < -0.3 is 15.3 Å². The van der Waals surface area contributed by atoms with Crippen LogP contribution in [-0.4, -0.2) is 44.8 Å². The summed E-state index contributed by atoms with van der Waals surface area (Å²) in [5.74, 6) is -0.147. The topological polar surface area (TPSA) is 95.6 Å². The van der Waals surface area contributed by atoms with E-state index in [-0.39, 0.29) is 18.9 Å². The largest absolute Gasteiger partial charge is 0.390 e. The Morgan fingerprint density at radius 3 is 2.78 bits per heavy atom. The number of aliphatic hydroxyl groups is 1. The zero-order valence-electron chi connectivity index (χ0n) is 17.5. The fraction of sp³-hybridized carbons (Fsp3) is 0.304. The van der Waals surface area contributed by atoms with Gasteiger partial charge in [0, 0.05) is 13.1 Å². The van der Waals surface area contributed by atoms with Crippen LogP contribution in [0, 0.1) is 0 Å². The summed E-state index contributed by atoms with van der Waals surface area (Å²) < 4.78 is 1.57. The maximum absolute atomic E-state index is 12.6. The van der Waals surface area contributed by atoms with E-state index in [0.717, 1.165) is 42.9 Å². The molecule has 0 spiro atoms. The molecule has 1 saturated heterocycles. The van der Waals surface area contributed by atoms with Gasteiger partial charge in [-0.15, -0.1) is 5.10 Å². The molecule has 164 valence electrons. The van der Waals surface area contributed by atoms with Crippen molar-refractivity contribution in [3.63, 3.8) is 0 Å². The summed E-state index contributed by atoms with van der Waals surface area (Å²) in [7, 11) is 0. The van der Waals surface area contributed by atoms with Crippen LogP contribution in [-0.2, 0) is 11.4 Å². The summed E-state index contributed by atoms with van der Waals surface area (Å²) in [6.07, 6.45) is 5.18. The van der Waals surface area contributed by atoms with E-state index in [1.165, 1.54) is 12.6 Å². The van der Waals surface area contributed by atoms with Crippen molar-refractivity contribution in [2.75, 3.05) is 23.3 Å². The monoisotopic (exact) mass is 450 g/mol. The Bertz CT molecular complexity index is 1200. The molecule has 0 bridgehead atoms. The number of aliphatic hydroxyl groups excluding tert-OH is 1. The Morgan fingerprint density at radius 2 is 1.97 bits per heavy atom. The van der Waals surface area contributed by atoms with Crippen LogP contribution < -0.4 is 10.2 Å². The Kier molecular flexibility index (Phi) is 5.63. The van der Waals surface area contributed by atoms with E-state index in [0.29, 0.717) is 27.8 Å². The molecule has 2 aliphatic heterocycles. The second-order valence-corrected chi connectivity index (χ2v) is 8.40. The molecule has 3 aromatic rings. The lowest BCUT2D eigenvalue weighted by molar-refractivity contribution is -0.115. The number of carbonyl (C=O) groups excluding carboxylic acids is 1. The third-order valence-corrected chi connectivity index (χ3v) is 6.13. The maximum atomic E-state index is 12.6. The van der Waals surface area contributed by atoms with Gasteiger partial charge in [-0.3, -0.25) is 9.79 Å². The molecule has 32 heavy (non-hydrogen) atoms. The van der Waals surface area contributed by atoms with Crippen LogP contribution in [0.5, 0.6) is 0 Å². The van der Waals surface area contributed by atoms with E-state index in [4.69, 9.17) is 16.6 Å². The number of benzene rings is 2. The number of halogens is 1. The Hall–Kier alpha value is -3.23. The highest BCUT2D eigenvalue weighted by atomic mass is 35.5. The molecule has 5 rings (SSSR count). The smallest absolute Gasteiger partial charge is 0.230 e. The number of aromatic nitrogens is 3. The van der Waals surface area contributed by atoms with Gasteiger partial charge in [-0.25, -0.2) is 4.68 Å². The Balaban J connectivity index is 1.56. The molecule has 3 heterocycles. The highest BCUT2D eigenvalue weighted by Gasteiger charge is 2.22. The third kappa shape index (κ3) is 3.99. The molecular formula is C23H23ClN6O2. The van der Waals surface area contributed by atoms with Gasteiger partial charge in [0.05, 0.1) is 58.4 Å². The summed E-state index contributed by atoms with van der Waals surface area (Å²) in [5, 5.41) is 21.0. The van der Waals surface area contributed by atoms with Crippen molar-refractivity contribution >= 4 is 40.3 Å². The van der Waals surface area contributed by atoms with E-state index in [1.807, 2.05) is 30.3 Å². The number of piperidine rings is 1. The molecule has 0 saturated carbocycles. The molecule has 0 radical (unpaired) electrons. The van der Waals surface area contributed by atoms with Crippen LogP contribution in [0.3, 0.4) is 0 Å². The first kappa shape index (κ1) is 20.7. The fourth-order valence-corrected chi connectivity index (χ4v) is 4.50. The average molecular weight is 451 g/mol. The van der Waals surface area contributed by atoms with Crippen molar-refractivity contribution in [1.29, 1.82) is 0 Å². The molecule has 2 aromatic carbocycles. The molecule has 2 aliphatic rings. The van der Waals surface area contributed by atoms with Gasteiger partial charge in [0.1, 0.15) is 0 Å². The van der Waals surface area contributed by atoms with Gasteiger partial charge in [-0.2, -0.15) is 0 Å². The Morgan fingerprint density at radius 1 is 1.12 bits per heavy atom. The lowest BCUT2D eigenvalue weighted by atomic mass is 10.1. The molecule has 0 atom stereocenters. The Labute approximate surface area is 190 Å². The van der Waals surface area contributed by atoms with Crippen molar-refractivity contribution in [3.05, 3.63) is 58.9 Å². The number of hydrogen-bond acceptors (Lipinski definition) is 6. The molecule has 1 amide bonds. The van der Waals surface area contributed by atoms with Gasteiger partial charge in [0.25, 0.3) is 0 Å². The van der Waals surface area contributed by atoms with Crippen molar-refractivity contribution in [2.24, 2.45) is 4.99 Å².